The van der Waals surface area contributed by atoms with Gasteiger partial charge < -0.3 is 4.90 Å². The van der Waals surface area contributed by atoms with Crippen LogP contribution in [-0.2, 0) is 5.88 Å². The lowest BCUT2D eigenvalue weighted by atomic mass is 9.78. The highest BCUT2D eigenvalue weighted by Crippen LogP contribution is 2.38. The van der Waals surface area contributed by atoms with Crippen LogP contribution in [0.3, 0.4) is 0 Å². The highest BCUT2D eigenvalue weighted by molar-refractivity contribution is 6.17. The van der Waals surface area contributed by atoms with Crippen molar-refractivity contribution in [2.24, 2.45) is 5.92 Å². The van der Waals surface area contributed by atoms with E-state index in [1.165, 1.54) is 50.8 Å². The van der Waals surface area contributed by atoms with Gasteiger partial charge in [-0.05, 0) is 37.7 Å². The summed E-state index contributed by atoms with van der Waals surface area (Å²) in [6.07, 6.45) is 9.09. The Bertz CT molecular complexity index is 450. The quantitative estimate of drug-likeness (QED) is 0.759. The van der Waals surface area contributed by atoms with Gasteiger partial charge in [0.1, 0.15) is 11.6 Å². The summed E-state index contributed by atoms with van der Waals surface area (Å²) in [7, 11) is 0. The zero-order valence-electron chi connectivity index (χ0n) is 11.1. The lowest BCUT2D eigenvalue weighted by Crippen LogP contribution is -2.47. The topological polar surface area (TPSA) is 16.1 Å². The van der Waals surface area contributed by atoms with E-state index in [0.29, 0.717) is 11.9 Å². The molecule has 1 aromatic rings. The second-order valence-electron chi connectivity index (χ2n) is 5.72. The maximum absolute atomic E-state index is 13.3. The minimum absolute atomic E-state index is 0.295. The van der Waals surface area contributed by atoms with Crippen LogP contribution < -0.4 is 4.90 Å². The van der Waals surface area contributed by atoms with Gasteiger partial charge in [-0.2, -0.15) is 0 Å². The number of anilines is 1. The zero-order valence-corrected chi connectivity index (χ0v) is 11.9. The Morgan fingerprint density at radius 3 is 2.89 bits per heavy atom. The number of hydrogen-bond acceptors (Lipinski definition) is 2. The monoisotopic (exact) mass is 282 g/mol. The number of hydrogen-bond donors (Lipinski definition) is 0. The largest absolute Gasteiger partial charge is 0.353 e. The molecule has 0 aromatic carbocycles. The summed E-state index contributed by atoms with van der Waals surface area (Å²) >= 11 is 5.97. The van der Waals surface area contributed by atoms with Gasteiger partial charge in [-0.3, -0.25) is 0 Å². The number of fused-ring (bicyclic) bond motifs is 1. The summed E-state index contributed by atoms with van der Waals surface area (Å²) in [6, 6.07) is 2.12. The molecule has 3 rings (SSSR count). The van der Waals surface area contributed by atoms with Crippen molar-refractivity contribution in [1.29, 1.82) is 0 Å². The number of nitrogens with zero attached hydrogens (tertiary/aromatic N) is 2. The first kappa shape index (κ1) is 13.2. The Morgan fingerprint density at radius 2 is 2.05 bits per heavy atom. The van der Waals surface area contributed by atoms with E-state index in [1.54, 1.807) is 0 Å². The Kier molecular flexibility index (Phi) is 3.92. The Morgan fingerprint density at radius 1 is 1.26 bits per heavy atom. The molecule has 0 bridgehead atoms. The molecule has 2 aliphatic rings. The van der Waals surface area contributed by atoms with Gasteiger partial charge in [0.2, 0.25) is 0 Å². The number of alkyl halides is 1. The minimum Gasteiger partial charge on any atom is -0.353 e. The van der Waals surface area contributed by atoms with Crippen molar-refractivity contribution in [3.8, 4) is 0 Å². The van der Waals surface area contributed by atoms with Gasteiger partial charge in [0, 0.05) is 18.2 Å². The maximum atomic E-state index is 13.3. The molecule has 2 atom stereocenters. The number of aromatic nitrogens is 1. The molecule has 0 N–H and O–H groups in total. The zero-order chi connectivity index (χ0) is 13.2. The van der Waals surface area contributed by atoms with E-state index in [1.807, 2.05) is 0 Å². The highest BCUT2D eigenvalue weighted by Gasteiger charge is 2.34. The molecule has 0 radical (unpaired) electrons. The van der Waals surface area contributed by atoms with Gasteiger partial charge in [-0.25, -0.2) is 9.37 Å². The van der Waals surface area contributed by atoms with E-state index >= 15 is 0 Å². The van der Waals surface area contributed by atoms with Gasteiger partial charge in [0.05, 0.1) is 12.1 Å². The molecule has 2 nitrogen and oxygen atoms in total. The molecule has 0 spiro atoms. The van der Waals surface area contributed by atoms with Crippen LogP contribution in [0.5, 0.6) is 0 Å². The molecular formula is C15H20ClFN2. The van der Waals surface area contributed by atoms with E-state index in [2.05, 4.69) is 9.88 Å². The normalized spacial score (nSPS) is 27.2. The number of piperidine rings is 1. The number of halogens is 2. The maximum Gasteiger partial charge on any atom is 0.141 e. The van der Waals surface area contributed by atoms with Crippen molar-refractivity contribution < 1.29 is 4.39 Å². The van der Waals surface area contributed by atoms with Crippen LogP contribution in [0.15, 0.2) is 12.3 Å². The fraction of sp³-hybridized carbons (Fsp3) is 0.667. The van der Waals surface area contributed by atoms with E-state index in [4.69, 9.17) is 11.6 Å². The summed E-state index contributed by atoms with van der Waals surface area (Å²) in [5.74, 6) is 1.73. The Hall–Kier alpha value is -0.830. The molecule has 0 amide bonds. The average Bonchev–Trinajstić information content (AvgIpc) is 2.46. The van der Waals surface area contributed by atoms with Gasteiger partial charge in [0.25, 0.3) is 0 Å². The predicted molar refractivity (Wildman–Crippen MR) is 76.1 cm³/mol. The molecule has 104 valence electrons. The summed E-state index contributed by atoms with van der Waals surface area (Å²) in [4.78, 5) is 6.72. The molecule has 4 heteroatoms. The molecule has 1 saturated heterocycles. The standard InChI is InChI=1S/C15H20ClFN2/c16-9-12-8-13(17)10-18-15(12)19-7-3-5-11-4-1-2-6-14(11)19/h8,10-11,14H,1-7,9H2. The fourth-order valence-corrected chi connectivity index (χ4v) is 3.92. The second kappa shape index (κ2) is 5.66. The van der Waals surface area contributed by atoms with E-state index < -0.39 is 0 Å². The van der Waals surface area contributed by atoms with E-state index in [9.17, 15) is 4.39 Å². The molecule has 2 fully saturated rings. The molecule has 19 heavy (non-hydrogen) atoms. The van der Waals surface area contributed by atoms with Crippen molar-refractivity contribution in [1.82, 2.24) is 4.98 Å². The third-order valence-electron chi connectivity index (χ3n) is 4.57. The number of rotatable bonds is 2. The van der Waals surface area contributed by atoms with Crippen molar-refractivity contribution in [2.45, 2.75) is 50.4 Å². The lowest BCUT2D eigenvalue weighted by molar-refractivity contribution is 0.242. The molecule has 2 unspecified atom stereocenters. The predicted octanol–water partition coefficient (Wildman–Crippen LogP) is 4.12. The highest BCUT2D eigenvalue weighted by atomic mass is 35.5. The summed E-state index contributed by atoms with van der Waals surface area (Å²) in [5.41, 5.74) is 0.827. The third kappa shape index (κ3) is 2.58. The number of pyridine rings is 1. The van der Waals surface area contributed by atoms with Crippen molar-refractivity contribution in [2.75, 3.05) is 11.4 Å². The van der Waals surface area contributed by atoms with Crippen LogP contribution in [0.25, 0.3) is 0 Å². The fourth-order valence-electron chi connectivity index (χ4n) is 3.72. The first-order valence-electron chi connectivity index (χ1n) is 7.26. The average molecular weight is 283 g/mol. The first-order valence-corrected chi connectivity index (χ1v) is 7.80. The Labute approximate surface area is 119 Å². The SMILES string of the molecule is Fc1cnc(N2CCCC3CCCCC32)c(CCl)c1. The molecule has 1 aromatic heterocycles. The van der Waals surface area contributed by atoms with Crippen molar-refractivity contribution in [3.63, 3.8) is 0 Å². The van der Waals surface area contributed by atoms with Gasteiger partial charge in [-0.1, -0.05) is 12.8 Å². The summed E-state index contributed by atoms with van der Waals surface area (Å²) in [6.45, 7) is 1.03. The molecular weight excluding hydrogens is 263 g/mol. The van der Waals surface area contributed by atoms with E-state index in [-0.39, 0.29) is 5.82 Å². The minimum atomic E-state index is -0.295. The van der Waals surface area contributed by atoms with Gasteiger partial charge in [-0.15, -0.1) is 11.6 Å². The third-order valence-corrected chi connectivity index (χ3v) is 4.86. The first-order chi connectivity index (χ1) is 9.29. The smallest absolute Gasteiger partial charge is 0.141 e. The van der Waals surface area contributed by atoms with Crippen molar-refractivity contribution in [3.05, 3.63) is 23.6 Å². The van der Waals surface area contributed by atoms with Crippen LogP contribution in [0, 0.1) is 11.7 Å². The second-order valence-corrected chi connectivity index (χ2v) is 5.98. The van der Waals surface area contributed by atoms with Gasteiger partial charge >= 0.3 is 0 Å². The lowest BCUT2D eigenvalue weighted by Gasteiger charge is -2.45. The summed E-state index contributed by atoms with van der Waals surface area (Å²) in [5, 5.41) is 0. The molecule has 1 aliphatic heterocycles. The van der Waals surface area contributed by atoms with Crippen LogP contribution in [0.2, 0.25) is 0 Å². The van der Waals surface area contributed by atoms with E-state index in [0.717, 1.165) is 23.8 Å². The Balaban J connectivity index is 1.91. The van der Waals surface area contributed by atoms with Crippen LogP contribution in [-0.4, -0.2) is 17.6 Å². The van der Waals surface area contributed by atoms with Crippen LogP contribution >= 0.6 is 11.6 Å². The van der Waals surface area contributed by atoms with Crippen molar-refractivity contribution >= 4 is 17.4 Å². The molecule has 1 saturated carbocycles. The van der Waals surface area contributed by atoms with Crippen LogP contribution in [0.4, 0.5) is 10.2 Å². The summed E-state index contributed by atoms with van der Waals surface area (Å²) < 4.78 is 13.3. The molecule has 2 heterocycles. The van der Waals surface area contributed by atoms with Crippen LogP contribution in [0.1, 0.15) is 44.1 Å². The van der Waals surface area contributed by atoms with Gasteiger partial charge in [0.15, 0.2) is 0 Å². The molecule has 1 aliphatic carbocycles.